The van der Waals surface area contributed by atoms with Crippen LogP contribution in [0.4, 0.5) is 5.13 Å². The van der Waals surface area contributed by atoms with Gasteiger partial charge in [0.05, 0.1) is 24.5 Å². The van der Waals surface area contributed by atoms with Crippen molar-refractivity contribution in [1.29, 1.82) is 0 Å². The van der Waals surface area contributed by atoms with Gasteiger partial charge in [-0.2, -0.15) is 0 Å². The Balaban J connectivity index is 1.42. The number of carbonyl (C=O) groups is 2. The highest BCUT2D eigenvalue weighted by Gasteiger charge is 2.22. The highest BCUT2D eigenvalue weighted by molar-refractivity contribution is 7.16. The van der Waals surface area contributed by atoms with E-state index in [1.54, 1.807) is 36.4 Å². The topological polar surface area (TPSA) is 71.5 Å². The quantitative estimate of drug-likeness (QED) is 0.369. The largest absolute Gasteiger partial charge is 0.379 e. The molecular formula is C28H25N3O3S. The number of benzene rings is 3. The maximum absolute atomic E-state index is 13.3. The SMILES string of the molecule is O=C(Nc1nc(-c2ccccc2)c(CN2CCOCC2)s1)c1ccccc1C(=O)c1ccccc1. The summed E-state index contributed by atoms with van der Waals surface area (Å²) < 4.78 is 5.48. The monoisotopic (exact) mass is 483 g/mol. The van der Waals surface area contributed by atoms with Gasteiger partial charge >= 0.3 is 0 Å². The van der Waals surface area contributed by atoms with Crippen molar-refractivity contribution < 1.29 is 14.3 Å². The van der Waals surface area contributed by atoms with Crippen LogP contribution in [0.5, 0.6) is 0 Å². The number of rotatable bonds is 7. The highest BCUT2D eigenvalue weighted by Crippen LogP contribution is 2.33. The zero-order valence-electron chi connectivity index (χ0n) is 19.1. The van der Waals surface area contributed by atoms with Gasteiger partial charge in [0.15, 0.2) is 10.9 Å². The molecule has 0 unspecified atom stereocenters. The smallest absolute Gasteiger partial charge is 0.258 e. The van der Waals surface area contributed by atoms with Crippen LogP contribution in [0.25, 0.3) is 11.3 Å². The number of morpholine rings is 1. The highest BCUT2D eigenvalue weighted by atomic mass is 32.1. The molecule has 1 saturated heterocycles. The molecule has 1 N–H and O–H groups in total. The molecule has 3 aromatic carbocycles. The normalized spacial score (nSPS) is 13.9. The zero-order valence-corrected chi connectivity index (χ0v) is 20.0. The summed E-state index contributed by atoms with van der Waals surface area (Å²) in [5.74, 6) is -0.537. The number of ketones is 1. The van der Waals surface area contributed by atoms with Crippen molar-refractivity contribution in [2.45, 2.75) is 6.54 Å². The van der Waals surface area contributed by atoms with Crippen LogP contribution in [-0.2, 0) is 11.3 Å². The predicted octanol–water partition coefficient (Wildman–Crippen LogP) is 5.13. The third-order valence-electron chi connectivity index (χ3n) is 5.89. The Hall–Kier alpha value is -3.65. The Labute approximate surface area is 208 Å². The fourth-order valence-corrected chi connectivity index (χ4v) is 5.11. The molecule has 176 valence electrons. The van der Waals surface area contributed by atoms with Crippen LogP contribution in [0.2, 0.25) is 0 Å². The van der Waals surface area contributed by atoms with Crippen molar-refractivity contribution in [3.8, 4) is 11.3 Å². The van der Waals surface area contributed by atoms with E-state index in [2.05, 4.69) is 10.2 Å². The first-order valence-corrected chi connectivity index (χ1v) is 12.4. The van der Waals surface area contributed by atoms with Gasteiger partial charge in [-0.1, -0.05) is 90.2 Å². The lowest BCUT2D eigenvalue weighted by molar-refractivity contribution is 0.0347. The number of amides is 1. The van der Waals surface area contributed by atoms with E-state index in [1.165, 1.54) is 11.3 Å². The first kappa shape index (κ1) is 23.1. The summed E-state index contributed by atoms with van der Waals surface area (Å²) >= 11 is 1.47. The van der Waals surface area contributed by atoms with E-state index in [4.69, 9.17) is 9.72 Å². The standard InChI is InChI=1S/C28H25N3O3S/c32-26(21-11-5-2-6-12-21)22-13-7-8-14-23(22)27(33)30-28-29-25(20-9-3-1-4-10-20)24(35-28)19-31-15-17-34-18-16-31/h1-14H,15-19H2,(H,29,30,33). The summed E-state index contributed by atoms with van der Waals surface area (Å²) in [6, 6.07) is 25.9. The number of nitrogens with one attached hydrogen (secondary N) is 1. The number of nitrogens with zero attached hydrogens (tertiary/aromatic N) is 2. The second-order valence-electron chi connectivity index (χ2n) is 8.24. The fraction of sp³-hybridized carbons (Fsp3) is 0.179. The van der Waals surface area contributed by atoms with E-state index in [9.17, 15) is 9.59 Å². The van der Waals surface area contributed by atoms with Crippen molar-refractivity contribution >= 4 is 28.2 Å². The summed E-state index contributed by atoms with van der Waals surface area (Å²) in [5, 5.41) is 3.46. The first-order chi connectivity index (χ1) is 17.2. The number of anilines is 1. The Morgan fingerprint density at radius 2 is 1.49 bits per heavy atom. The van der Waals surface area contributed by atoms with Gasteiger partial charge in [0.1, 0.15) is 0 Å². The maximum Gasteiger partial charge on any atom is 0.258 e. The number of ether oxygens (including phenoxy) is 1. The van der Waals surface area contributed by atoms with Crippen molar-refractivity contribution in [2.24, 2.45) is 0 Å². The Kier molecular flexibility index (Phi) is 7.09. The van der Waals surface area contributed by atoms with Crippen molar-refractivity contribution in [2.75, 3.05) is 31.6 Å². The Bertz CT molecular complexity index is 1320. The van der Waals surface area contributed by atoms with E-state index >= 15 is 0 Å². The molecule has 6 nitrogen and oxygen atoms in total. The number of hydrogen-bond acceptors (Lipinski definition) is 6. The van der Waals surface area contributed by atoms with Crippen molar-refractivity contribution in [3.63, 3.8) is 0 Å². The molecular weight excluding hydrogens is 458 g/mol. The lowest BCUT2D eigenvalue weighted by atomic mass is 9.98. The molecule has 1 aromatic heterocycles. The van der Waals surface area contributed by atoms with E-state index in [0.29, 0.717) is 21.8 Å². The summed E-state index contributed by atoms with van der Waals surface area (Å²) in [6.07, 6.45) is 0. The minimum absolute atomic E-state index is 0.187. The fourth-order valence-electron chi connectivity index (χ4n) is 4.08. The number of thiazole rings is 1. The van der Waals surface area contributed by atoms with Gasteiger partial charge in [-0.25, -0.2) is 4.98 Å². The molecule has 4 aromatic rings. The predicted molar refractivity (Wildman–Crippen MR) is 138 cm³/mol. The Morgan fingerprint density at radius 3 is 2.20 bits per heavy atom. The first-order valence-electron chi connectivity index (χ1n) is 11.5. The third-order valence-corrected chi connectivity index (χ3v) is 6.84. The molecule has 1 aliphatic rings. The molecule has 1 amide bonds. The maximum atomic E-state index is 13.3. The second kappa shape index (κ2) is 10.7. The van der Waals surface area contributed by atoms with Crippen LogP contribution in [0, 0.1) is 0 Å². The molecule has 35 heavy (non-hydrogen) atoms. The summed E-state index contributed by atoms with van der Waals surface area (Å²) in [4.78, 5) is 34.6. The van der Waals surface area contributed by atoms with Crippen LogP contribution in [0.1, 0.15) is 31.2 Å². The molecule has 0 bridgehead atoms. The second-order valence-corrected chi connectivity index (χ2v) is 9.32. The molecule has 1 aliphatic heterocycles. The van der Waals surface area contributed by atoms with Gasteiger partial charge in [-0.05, 0) is 6.07 Å². The summed E-state index contributed by atoms with van der Waals surface area (Å²) in [5.41, 5.74) is 3.11. The van der Waals surface area contributed by atoms with Crippen LogP contribution in [0.3, 0.4) is 0 Å². The van der Waals surface area contributed by atoms with Crippen molar-refractivity contribution in [1.82, 2.24) is 9.88 Å². The van der Waals surface area contributed by atoms with E-state index in [-0.39, 0.29) is 11.7 Å². The molecule has 0 spiro atoms. The van der Waals surface area contributed by atoms with E-state index in [1.807, 2.05) is 48.5 Å². The average Bonchev–Trinajstić information content (AvgIpc) is 3.31. The number of carbonyl (C=O) groups excluding carboxylic acids is 2. The van der Waals surface area contributed by atoms with Crippen molar-refractivity contribution in [3.05, 3.63) is 106 Å². The van der Waals surface area contributed by atoms with E-state index < -0.39 is 0 Å². The molecule has 1 fully saturated rings. The Morgan fingerprint density at radius 1 is 0.857 bits per heavy atom. The number of hydrogen-bond donors (Lipinski definition) is 1. The zero-order chi connectivity index (χ0) is 24.0. The van der Waals surface area contributed by atoms with Gasteiger partial charge in [-0.15, -0.1) is 0 Å². The van der Waals surface area contributed by atoms with Crippen LogP contribution < -0.4 is 5.32 Å². The van der Waals surface area contributed by atoms with Gasteiger partial charge in [0.2, 0.25) is 0 Å². The molecule has 0 radical (unpaired) electrons. The third kappa shape index (κ3) is 5.38. The summed E-state index contributed by atoms with van der Waals surface area (Å²) in [6.45, 7) is 3.90. The minimum atomic E-state index is -0.351. The lowest BCUT2D eigenvalue weighted by Crippen LogP contribution is -2.35. The van der Waals surface area contributed by atoms with Crippen LogP contribution in [-0.4, -0.2) is 47.9 Å². The number of aromatic nitrogens is 1. The van der Waals surface area contributed by atoms with Gasteiger partial charge in [0, 0.05) is 41.2 Å². The van der Waals surface area contributed by atoms with Crippen LogP contribution >= 0.6 is 11.3 Å². The summed E-state index contributed by atoms with van der Waals surface area (Å²) in [7, 11) is 0. The lowest BCUT2D eigenvalue weighted by Gasteiger charge is -2.26. The van der Waals surface area contributed by atoms with E-state index in [0.717, 1.165) is 49.0 Å². The molecule has 5 rings (SSSR count). The molecule has 0 aliphatic carbocycles. The molecule has 7 heteroatoms. The molecule has 0 saturated carbocycles. The van der Waals surface area contributed by atoms with Gasteiger partial charge in [-0.3, -0.25) is 19.8 Å². The van der Waals surface area contributed by atoms with Gasteiger partial charge < -0.3 is 4.74 Å². The minimum Gasteiger partial charge on any atom is -0.379 e. The van der Waals surface area contributed by atoms with Gasteiger partial charge in [0.25, 0.3) is 5.91 Å². The molecule has 0 atom stereocenters. The van der Waals surface area contributed by atoms with Crippen LogP contribution in [0.15, 0.2) is 84.9 Å². The molecule has 2 heterocycles. The average molecular weight is 484 g/mol.